The number of benzene rings is 1. The Labute approximate surface area is 128 Å². The Morgan fingerprint density at radius 1 is 1.43 bits per heavy atom. The van der Waals surface area contributed by atoms with E-state index in [-0.39, 0.29) is 10.9 Å². The number of hydrogen-bond donors (Lipinski definition) is 3. The first kappa shape index (κ1) is 15.7. The molecule has 1 heterocycles. The summed E-state index contributed by atoms with van der Waals surface area (Å²) < 4.78 is 22.8. The molecule has 0 radical (unpaired) electrons. The molecule has 114 valence electrons. The summed E-state index contributed by atoms with van der Waals surface area (Å²) in [6.07, 6.45) is 2.79. The summed E-state index contributed by atoms with van der Waals surface area (Å²) in [5.74, 6) is 0. The van der Waals surface area contributed by atoms with Gasteiger partial charge in [0.05, 0.1) is 22.3 Å². The fourth-order valence-corrected chi connectivity index (χ4v) is 3.22. The third-order valence-corrected chi connectivity index (χ3v) is 5.25. The lowest BCUT2D eigenvalue weighted by Gasteiger charge is -2.15. The van der Waals surface area contributed by atoms with Crippen molar-refractivity contribution in [1.82, 2.24) is 4.98 Å². The minimum Gasteiger partial charge on any atom is -0.397 e. The van der Waals surface area contributed by atoms with E-state index in [0.717, 1.165) is 11.4 Å². The first-order valence-corrected chi connectivity index (χ1v) is 8.81. The van der Waals surface area contributed by atoms with Gasteiger partial charge in [-0.15, -0.1) is 11.3 Å². The number of nitrogens with one attached hydrogen (secondary N) is 1. The molecule has 21 heavy (non-hydrogen) atoms. The normalized spacial score (nSPS) is 13.1. The zero-order chi connectivity index (χ0) is 15.6. The summed E-state index contributed by atoms with van der Waals surface area (Å²) in [7, 11) is -3.75. The van der Waals surface area contributed by atoms with Crippen LogP contribution in [0.3, 0.4) is 0 Å². The molecule has 1 aromatic carbocycles. The maximum atomic E-state index is 11.4. The van der Waals surface area contributed by atoms with Crippen molar-refractivity contribution < 1.29 is 8.42 Å². The van der Waals surface area contributed by atoms with Gasteiger partial charge < -0.3 is 11.1 Å². The van der Waals surface area contributed by atoms with Crippen molar-refractivity contribution in [3.8, 4) is 0 Å². The van der Waals surface area contributed by atoms with Gasteiger partial charge >= 0.3 is 0 Å². The largest absolute Gasteiger partial charge is 0.397 e. The van der Waals surface area contributed by atoms with Gasteiger partial charge in [-0.3, -0.25) is 0 Å². The molecule has 5 N–H and O–H groups in total. The van der Waals surface area contributed by atoms with E-state index in [4.69, 9.17) is 10.9 Å². The number of anilines is 2. The third kappa shape index (κ3) is 3.72. The molecule has 0 saturated carbocycles. The Bertz CT molecular complexity index is 740. The van der Waals surface area contributed by atoms with Gasteiger partial charge in [0.25, 0.3) is 0 Å². The summed E-state index contributed by atoms with van der Waals surface area (Å²) >= 11 is 1.62. The molecule has 0 spiro atoms. The molecule has 1 aromatic heterocycles. The Morgan fingerprint density at radius 3 is 2.71 bits per heavy atom. The fourth-order valence-electron chi connectivity index (χ4n) is 1.82. The maximum absolute atomic E-state index is 11.4. The zero-order valence-electron chi connectivity index (χ0n) is 11.8. The number of nitrogens with two attached hydrogens (primary N) is 2. The molecule has 0 amide bonds. The minimum atomic E-state index is -3.75. The molecular formula is C13H18N4O2S2. The molecule has 0 fully saturated rings. The maximum Gasteiger partial charge on any atom is 0.238 e. The molecule has 0 aliphatic heterocycles. The monoisotopic (exact) mass is 326 g/mol. The van der Waals surface area contributed by atoms with Gasteiger partial charge in [-0.1, -0.05) is 6.92 Å². The van der Waals surface area contributed by atoms with Crippen molar-refractivity contribution in [3.63, 3.8) is 0 Å². The molecular weight excluding hydrogens is 308 g/mol. The summed E-state index contributed by atoms with van der Waals surface area (Å²) in [6.45, 7) is 4.02. The summed E-state index contributed by atoms with van der Waals surface area (Å²) in [5, 5.41) is 9.24. The Balaban J connectivity index is 2.26. The van der Waals surface area contributed by atoms with E-state index in [1.807, 2.05) is 13.1 Å². The first-order valence-electron chi connectivity index (χ1n) is 6.44. The number of thiazole rings is 1. The molecule has 2 aromatic rings. The summed E-state index contributed by atoms with van der Waals surface area (Å²) in [5.41, 5.74) is 6.86. The van der Waals surface area contributed by atoms with Gasteiger partial charge in [-0.25, -0.2) is 18.5 Å². The van der Waals surface area contributed by atoms with Crippen LogP contribution >= 0.6 is 11.3 Å². The molecule has 0 saturated heterocycles. The Hall–Kier alpha value is -1.64. The van der Waals surface area contributed by atoms with Crippen LogP contribution in [0.25, 0.3) is 0 Å². The van der Waals surface area contributed by atoms with Crippen LogP contribution in [-0.4, -0.2) is 13.4 Å². The number of nitrogens with zero attached hydrogens (tertiary/aromatic N) is 1. The predicted molar refractivity (Wildman–Crippen MR) is 85.8 cm³/mol. The van der Waals surface area contributed by atoms with Crippen LogP contribution in [0.2, 0.25) is 0 Å². The van der Waals surface area contributed by atoms with E-state index in [2.05, 4.69) is 17.2 Å². The van der Waals surface area contributed by atoms with Crippen molar-refractivity contribution >= 4 is 32.7 Å². The third-order valence-electron chi connectivity index (χ3n) is 3.02. The lowest BCUT2D eigenvalue weighted by molar-refractivity contribution is 0.598. The lowest BCUT2D eigenvalue weighted by Crippen LogP contribution is -2.14. The van der Waals surface area contributed by atoms with Crippen molar-refractivity contribution in [2.24, 2.45) is 5.14 Å². The lowest BCUT2D eigenvalue weighted by atomic mass is 10.2. The minimum absolute atomic E-state index is 0.0276. The van der Waals surface area contributed by atoms with Crippen LogP contribution in [0.1, 0.15) is 29.8 Å². The van der Waals surface area contributed by atoms with Crippen LogP contribution in [-0.2, 0) is 16.4 Å². The average molecular weight is 326 g/mol. The quantitative estimate of drug-likeness (QED) is 0.729. The second kappa shape index (κ2) is 6.00. The zero-order valence-corrected chi connectivity index (χ0v) is 13.5. The highest BCUT2D eigenvalue weighted by atomic mass is 32.2. The molecule has 2 rings (SSSR count). The van der Waals surface area contributed by atoms with Crippen molar-refractivity contribution in [2.45, 2.75) is 31.2 Å². The number of rotatable bonds is 5. The fraction of sp³-hybridized carbons (Fsp3) is 0.308. The molecule has 0 aliphatic carbocycles. The number of nitrogen functional groups attached to an aromatic ring is 1. The topological polar surface area (TPSA) is 111 Å². The van der Waals surface area contributed by atoms with Crippen LogP contribution in [0.15, 0.2) is 29.3 Å². The van der Waals surface area contributed by atoms with Gasteiger partial charge in [-0.2, -0.15) is 0 Å². The molecule has 0 bridgehead atoms. The Kier molecular flexibility index (Phi) is 4.50. The molecule has 0 aliphatic rings. The van der Waals surface area contributed by atoms with E-state index in [0.29, 0.717) is 11.4 Å². The smallest absolute Gasteiger partial charge is 0.238 e. The summed E-state index contributed by atoms with van der Waals surface area (Å²) in [6, 6.07) is 4.27. The Morgan fingerprint density at radius 2 is 2.14 bits per heavy atom. The van der Waals surface area contributed by atoms with Gasteiger partial charge in [0.1, 0.15) is 5.01 Å². The van der Waals surface area contributed by atoms with E-state index >= 15 is 0 Å². The van der Waals surface area contributed by atoms with E-state index in [1.54, 1.807) is 11.3 Å². The first-order chi connectivity index (χ1) is 9.81. The highest BCUT2D eigenvalue weighted by Gasteiger charge is 2.14. The van der Waals surface area contributed by atoms with Gasteiger partial charge in [0, 0.05) is 11.1 Å². The van der Waals surface area contributed by atoms with Crippen molar-refractivity contribution in [2.75, 3.05) is 11.1 Å². The van der Waals surface area contributed by atoms with E-state index in [9.17, 15) is 8.42 Å². The number of aryl methyl sites for hydroxylation is 1. The highest BCUT2D eigenvalue weighted by molar-refractivity contribution is 7.89. The average Bonchev–Trinajstić information content (AvgIpc) is 2.88. The van der Waals surface area contributed by atoms with Crippen molar-refractivity contribution in [1.29, 1.82) is 0 Å². The van der Waals surface area contributed by atoms with Gasteiger partial charge in [0.15, 0.2) is 0 Å². The van der Waals surface area contributed by atoms with Gasteiger partial charge in [0.2, 0.25) is 10.0 Å². The van der Waals surface area contributed by atoms with Crippen LogP contribution in [0.4, 0.5) is 11.4 Å². The van der Waals surface area contributed by atoms with E-state index < -0.39 is 10.0 Å². The SMILES string of the molecule is CCc1cnc(C(C)Nc2cc(S(N)(=O)=O)ccc2N)s1. The number of primary sulfonamides is 1. The molecule has 6 nitrogen and oxygen atoms in total. The van der Waals surface area contributed by atoms with Crippen molar-refractivity contribution in [3.05, 3.63) is 34.3 Å². The van der Waals surface area contributed by atoms with Crippen LogP contribution in [0, 0.1) is 0 Å². The molecule has 1 unspecified atom stereocenters. The predicted octanol–water partition coefficient (Wildman–Crippen LogP) is 2.11. The number of sulfonamides is 1. The van der Waals surface area contributed by atoms with E-state index in [1.165, 1.54) is 23.1 Å². The molecule has 8 heteroatoms. The number of hydrogen-bond acceptors (Lipinski definition) is 6. The number of aromatic nitrogens is 1. The van der Waals surface area contributed by atoms with Crippen LogP contribution in [0.5, 0.6) is 0 Å². The highest BCUT2D eigenvalue weighted by Crippen LogP contribution is 2.28. The summed E-state index contributed by atoms with van der Waals surface area (Å²) in [4.78, 5) is 5.58. The second-order valence-electron chi connectivity index (χ2n) is 4.68. The standard InChI is InChI=1S/C13H18N4O2S2/c1-3-9-7-16-13(20-9)8(2)17-12-6-10(21(15,18)19)4-5-11(12)14/h4-8,17H,3,14H2,1-2H3,(H2,15,18,19). The van der Waals surface area contributed by atoms with Crippen LogP contribution < -0.4 is 16.2 Å². The molecule has 1 atom stereocenters. The van der Waals surface area contributed by atoms with Gasteiger partial charge in [-0.05, 0) is 31.5 Å². The second-order valence-corrected chi connectivity index (χ2v) is 7.39.